The number of hydrogen-bond acceptors (Lipinski definition) is 5. The minimum Gasteiger partial charge on any atom is -0.377 e. The number of hydrogen-bond donors (Lipinski definition) is 0. The van der Waals surface area contributed by atoms with Crippen LogP contribution in [0.5, 0.6) is 0 Å². The lowest BCUT2D eigenvalue weighted by Gasteiger charge is -2.13. The average Bonchev–Trinajstić information content (AvgIpc) is 2.83. The summed E-state index contributed by atoms with van der Waals surface area (Å²) in [6.07, 6.45) is 1.49. The maximum atomic E-state index is 5.53. The second-order valence-electron chi connectivity index (χ2n) is 4.35. The highest BCUT2D eigenvalue weighted by Gasteiger charge is 2.25. The molecule has 2 atom stereocenters. The first-order chi connectivity index (χ1) is 7.68. The van der Waals surface area contributed by atoms with Crippen molar-refractivity contribution >= 4 is 11.8 Å². The standard InChI is InChI=1S/C10H18N4OS/c1-7(2)14-10(11-12-13-14)6-16-9-4-5-15-8(9)3/h7-9H,4-6H2,1-3H3/t8-,9-/m0/s1. The third-order valence-corrected chi connectivity index (χ3v) is 4.26. The van der Waals surface area contributed by atoms with Crippen LogP contribution < -0.4 is 0 Å². The molecule has 0 saturated carbocycles. The van der Waals surface area contributed by atoms with Crippen LogP contribution in [0.4, 0.5) is 0 Å². The molecule has 0 aliphatic carbocycles. The molecule has 1 fully saturated rings. The van der Waals surface area contributed by atoms with Crippen LogP contribution in [0.25, 0.3) is 0 Å². The zero-order chi connectivity index (χ0) is 11.5. The molecule has 2 rings (SSSR count). The van der Waals surface area contributed by atoms with Gasteiger partial charge in [0.1, 0.15) is 0 Å². The molecule has 1 aliphatic heterocycles. The Bertz CT molecular complexity index is 341. The van der Waals surface area contributed by atoms with Crippen molar-refractivity contribution in [3.8, 4) is 0 Å². The minimum absolute atomic E-state index is 0.322. The van der Waals surface area contributed by atoms with Crippen molar-refractivity contribution in [2.45, 2.75) is 50.3 Å². The van der Waals surface area contributed by atoms with E-state index in [2.05, 4.69) is 36.3 Å². The third-order valence-electron chi connectivity index (χ3n) is 2.78. The van der Waals surface area contributed by atoms with E-state index in [1.54, 1.807) is 0 Å². The lowest BCUT2D eigenvalue weighted by atomic mass is 10.3. The van der Waals surface area contributed by atoms with Crippen LogP contribution in [-0.4, -0.2) is 38.2 Å². The highest BCUT2D eigenvalue weighted by atomic mass is 32.2. The summed E-state index contributed by atoms with van der Waals surface area (Å²) in [7, 11) is 0. The number of aromatic nitrogens is 4. The normalized spacial score (nSPS) is 25.5. The van der Waals surface area contributed by atoms with Gasteiger partial charge in [0.2, 0.25) is 0 Å². The summed E-state index contributed by atoms with van der Waals surface area (Å²) >= 11 is 1.89. The predicted octanol–water partition coefficient (Wildman–Crippen LogP) is 1.66. The van der Waals surface area contributed by atoms with Crippen molar-refractivity contribution in [1.29, 1.82) is 0 Å². The molecule has 6 heteroatoms. The lowest BCUT2D eigenvalue weighted by molar-refractivity contribution is 0.127. The highest BCUT2D eigenvalue weighted by Crippen LogP contribution is 2.28. The number of tetrazole rings is 1. The molecule has 5 nitrogen and oxygen atoms in total. The molecule has 1 aromatic heterocycles. The van der Waals surface area contributed by atoms with Crippen molar-refractivity contribution in [2.75, 3.05) is 6.61 Å². The molecule has 0 radical (unpaired) electrons. The average molecular weight is 242 g/mol. The Kier molecular flexibility index (Phi) is 3.81. The Morgan fingerprint density at radius 1 is 1.56 bits per heavy atom. The molecule has 2 heterocycles. The van der Waals surface area contributed by atoms with Crippen LogP contribution in [-0.2, 0) is 10.5 Å². The van der Waals surface area contributed by atoms with Crippen LogP contribution in [0.2, 0.25) is 0 Å². The lowest BCUT2D eigenvalue weighted by Crippen LogP contribution is -2.15. The van der Waals surface area contributed by atoms with E-state index < -0.39 is 0 Å². The van der Waals surface area contributed by atoms with Crippen LogP contribution in [0.3, 0.4) is 0 Å². The summed E-state index contributed by atoms with van der Waals surface area (Å²) in [5.74, 6) is 1.82. The monoisotopic (exact) mass is 242 g/mol. The predicted molar refractivity (Wildman–Crippen MR) is 63.3 cm³/mol. The van der Waals surface area contributed by atoms with Crippen LogP contribution in [0.1, 0.15) is 39.1 Å². The molecule has 0 N–H and O–H groups in total. The van der Waals surface area contributed by atoms with E-state index in [-0.39, 0.29) is 0 Å². The first kappa shape index (κ1) is 11.9. The van der Waals surface area contributed by atoms with Gasteiger partial charge in [0.05, 0.1) is 17.9 Å². The fourth-order valence-electron chi connectivity index (χ4n) is 1.82. The zero-order valence-corrected chi connectivity index (χ0v) is 10.8. The van der Waals surface area contributed by atoms with E-state index in [0.717, 1.165) is 24.6 Å². The molecule has 1 saturated heterocycles. The summed E-state index contributed by atoms with van der Waals surface area (Å²) in [5, 5.41) is 12.4. The number of nitrogens with zero attached hydrogens (tertiary/aromatic N) is 4. The Morgan fingerprint density at radius 3 is 3.00 bits per heavy atom. The van der Waals surface area contributed by atoms with Crippen molar-refractivity contribution in [2.24, 2.45) is 0 Å². The van der Waals surface area contributed by atoms with Gasteiger partial charge in [-0.25, -0.2) is 4.68 Å². The highest BCUT2D eigenvalue weighted by molar-refractivity contribution is 7.99. The Labute approximate surface area is 99.9 Å². The van der Waals surface area contributed by atoms with Gasteiger partial charge in [0.15, 0.2) is 5.82 Å². The van der Waals surface area contributed by atoms with Gasteiger partial charge in [0.25, 0.3) is 0 Å². The first-order valence-corrected chi connectivity index (χ1v) is 6.73. The molecule has 0 unspecified atom stereocenters. The molecule has 0 aromatic carbocycles. The fourth-order valence-corrected chi connectivity index (χ4v) is 2.99. The van der Waals surface area contributed by atoms with E-state index in [4.69, 9.17) is 4.74 Å². The molecule has 90 valence electrons. The molecule has 0 bridgehead atoms. The second kappa shape index (κ2) is 5.14. The van der Waals surface area contributed by atoms with Crippen LogP contribution >= 0.6 is 11.8 Å². The van der Waals surface area contributed by atoms with Crippen molar-refractivity contribution in [1.82, 2.24) is 20.2 Å². The van der Waals surface area contributed by atoms with E-state index in [1.165, 1.54) is 0 Å². The fraction of sp³-hybridized carbons (Fsp3) is 0.900. The van der Waals surface area contributed by atoms with Gasteiger partial charge in [-0.2, -0.15) is 0 Å². The van der Waals surface area contributed by atoms with E-state index in [9.17, 15) is 0 Å². The van der Waals surface area contributed by atoms with Gasteiger partial charge < -0.3 is 4.74 Å². The molecular weight excluding hydrogens is 224 g/mol. The summed E-state index contributed by atoms with van der Waals surface area (Å²) in [5.41, 5.74) is 0. The molecule has 1 aliphatic rings. The number of rotatable bonds is 4. The quantitative estimate of drug-likeness (QED) is 0.804. The van der Waals surface area contributed by atoms with E-state index in [0.29, 0.717) is 17.4 Å². The molecule has 0 spiro atoms. The topological polar surface area (TPSA) is 52.8 Å². The van der Waals surface area contributed by atoms with E-state index in [1.807, 2.05) is 16.4 Å². The Hall–Kier alpha value is -0.620. The van der Waals surface area contributed by atoms with Crippen LogP contribution in [0.15, 0.2) is 0 Å². The Morgan fingerprint density at radius 2 is 2.38 bits per heavy atom. The number of ether oxygens (including phenoxy) is 1. The molecule has 0 amide bonds. The van der Waals surface area contributed by atoms with Gasteiger partial charge in [-0.15, -0.1) is 16.9 Å². The number of thioether (sulfide) groups is 1. The van der Waals surface area contributed by atoms with Gasteiger partial charge in [-0.3, -0.25) is 0 Å². The summed E-state index contributed by atoms with van der Waals surface area (Å²) < 4.78 is 7.42. The second-order valence-corrected chi connectivity index (χ2v) is 5.57. The van der Waals surface area contributed by atoms with Gasteiger partial charge in [-0.05, 0) is 37.6 Å². The molecular formula is C10H18N4OS. The summed E-state index contributed by atoms with van der Waals surface area (Å²) in [6.45, 7) is 7.20. The van der Waals surface area contributed by atoms with Crippen LogP contribution in [0, 0.1) is 0 Å². The van der Waals surface area contributed by atoms with E-state index >= 15 is 0 Å². The minimum atomic E-state index is 0.322. The Balaban J connectivity index is 1.91. The van der Waals surface area contributed by atoms with Crippen molar-refractivity contribution in [3.05, 3.63) is 5.82 Å². The molecule has 1 aromatic rings. The van der Waals surface area contributed by atoms with Crippen molar-refractivity contribution in [3.63, 3.8) is 0 Å². The zero-order valence-electron chi connectivity index (χ0n) is 9.96. The van der Waals surface area contributed by atoms with Gasteiger partial charge >= 0.3 is 0 Å². The van der Waals surface area contributed by atoms with Gasteiger partial charge in [-0.1, -0.05) is 0 Å². The van der Waals surface area contributed by atoms with Gasteiger partial charge in [0, 0.05) is 11.9 Å². The summed E-state index contributed by atoms with van der Waals surface area (Å²) in [6, 6.07) is 0.322. The third kappa shape index (κ3) is 2.55. The largest absolute Gasteiger partial charge is 0.377 e. The summed E-state index contributed by atoms with van der Waals surface area (Å²) in [4.78, 5) is 0. The molecule has 16 heavy (non-hydrogen) atoms. The smallest absolute Gasteiger partial charge is 0.161 e. The maximum Gasteiger partial charge on any atom is 0.161 e. The maximum absolute atomic E-state index is 5.53. The van der Waals surface area contributed by atoms with Crippen molar-refractivity contribution < 1.29 is 4.74 Å². The first-order valence-electron chi connectivity index (χ1n) is 5.68. The SMILES string of the molecule is CC(C)n1nnnc1CS[C@H]1CCO[C@H]1C.